The van der Waals surface area contributed by atoms with E-state index in [0.717, 1.165) is 12.1 Å². The molecule has 0 bridgehead atoms. The maximum Gasteiger partial charge on any atom is 0.339 e. The lowest BCUT2D eigenvalue weighted by Crippen LogP contribution is -2.61. The minimum Gasteiger partial charge on any atom is -0.508 e. The van der Waals surface area contributed by atoms with E-state index >= 15 is 0 Å². The van der Waals surface area contributed by atoms with Gasteiger partial charge >= 0.3 is 5.97 Å². The Morgan fingerprint density at radius 2 is 1.57 bits per heavy atom. The Bertz CT molecular complexity index is 875. The number of rotatable bonds is 5. The molecule has 0 spiro atoms. The summed E-state index contributed by atoms with van der Waals surface area (Å²) in [5.41, 5.74) is -0.364. The van der Waals surface area contributed by atoms with Crippen molar-refractivity contribution in [2.24, 2.45) is 0 Å². The maximum absolute atomic E-state index is 12.5. The minimum absolute atomic E-state index is 0.0365. The van der Waals surface area contributed by atoms with Gasteiger partial charge in [0.1, 0.15) is 29.8 Å². The number of aromatic hydroxyl groups is 4. The van der Waals surface area contributed by atoms with Crippen LogP contribution in [0.3, 0.4) is 0 Å². The van der Waals surface area contributed by atoms with Gasteiger partial charge in [-0.2, -0.15) is 0 Å². The van der Waals surface area contributed by atoms with Crippen molar-refractivity contribution in [3.8, 4) is 28.7 Å². The van der Waals surface area contributed by atoms with Crippen LogP contribution in [0.2, 0.25) is 0 Å². The number of carbonyl (C=O) groups excluding carboxylic acids is 1. The highest BCUT2D eigenvalue weighted by molar-refractivity contribution is 5.91. The first-order valence-corrected chi connectivity index (χ1v) is 8.75. The molecule has 5 atom stereocenters. The lowest BCUT2D eigenvalue weighted by atomic mass is 9.99. The third kappa shape index (κ3) is 4.33. The first-order chi connectivity index (χ1) is 14.2. The van der Waals surface area contributed by atoms with E-state index in [4.69, 9.17) is 14.2 Å². The molecule has 1 aliphatic heterocycles. The first-order valence-electron chi connectivity index (χ1n) is 8.75. The molecule has 0 aliphatic carbocycles. The standard InChI is InChI=1S/C19H20O11/c20-7-13-15(25)16(26)17(19(29-13)28-10-3-1-9(21)2-4-10)30-18(27)8-5-11(22)14(24)12(23)6-8/h1-6,13,15-17,19-26H,7H2/t13-,15-,16+,17-,19-/m1/s1. The highest BCUT2D eigenvalue weighted by atomic mass is 16.7. The molecule has 0 radical (unpaired) electrons. The predicted octanol–water partition coefficient (Wildman–Crippen LogP) is -0.448. The number of benzene rings is 2. The number of ether oxygens (including phenoxy) is 3. The predicted molar refractivity (Wildman–Crippen MR) is 97.1 cm³/mol. The molecule has 1 fully saturated rings. The molecular formula is C19H20O11. The zero-order valence-electron chi connectivity index (χ0n) is 15.3. The van der Waals surface area contributed by atoms with E-state index in [2.05, 4.69) is 0 Å². The molecular weight excluding hydrogens is 404 g/mol. The zero-order chi connectivity index (χ0) is 22.0. The summed E-state index contributed by atoms with van der Waals surface area (Å²) in [4.78, 5) is 12.5. The van der Waals surface area contributed by atoms with Crippen molar-refractivity contribution in [2.45, 2.75) is 30.7 Å². The van der Waals surface area contributed by atoms with Crippen LogP contribution < -0.4 is 4.74 Å². The second kappa shape index (κ2) is 8.63. The van der Waals surface area contributed by atoms with Crippen molar-refractivity contribution in [2.75, 3.05) is 6.61 Å². The molecule has 1 aliphatic rings. The van der Waals surface area contributed by atoms with Gasteiger partial charge in [0.15, 0.2) is 23.4 Å². The third-order valence-corrected chi connectivity index (χ3v) is 4.46. The minimum atomic E-state index is -1.72. The van der Waals surface area contributed by atoms with Crippen molar-refractivity contribution in [1.82, 2.24) is 0 Å². The van der Waals surface area contributed by atoms with Crippen LogP contribution in [0.4, 0.5) is 0 Å². The second-order valence-electron chi connectivity index (χ2n) is 6.55. The van der Waals surface area contributed by atoms with Crippen LogP contribution in [0, 0.1) is 0 Å². The van der Waals surface area contributed by atoms with Gasteiger partial charge < -0.3 is 50.0 Å². The molecule has 7 N–H and O–H groups in total. The molecule has 11 heteroatoms. The molecule has 0 aromatic heterocycles. The molecule has 30 heavy (non-hydrogen) atoms. The van der Waals surface area contributed by atoms with Crippen molar-refractivity contribution < 1.29 is 54.8 Å². The van der Waals surface area contributed by atoms with Gasteiger partial charge in [-0.3, -0.25) is 0 Å². The van der Waals surface area contributed by atoms with E-state index in [1.165, 1.54) is 24.3 Å². The summed E-state index contributed by atoms with van der Waals surface area (Å²) >= 11 is 0. The van der Waals surface area contributed by atoms with Crippen molar-refractivity contribution in [1.29, 1.82) is 0 Å². The zero-order valence-corrected chi connectivity index (χ0v) is 15.3. The van der Waals surface area contributed by atoms with E-state index in [-0.39, 0.29) is 17.1 Å². The van der Waals surface area contributed by atoms with Crippen LogP contribution in [0.15, 0.2) is 36.4 Å². The van der Waals surface area contributed by atoms with E-state index < -0.39 is 60.5 Å². The number of phenolic OH excluding ortho intramolecular Hbond substituents is 4. The summed E-state index contributed by atoms with van der Waals surface area (Å²) in [6.45, 7) is -0.659. The van der Waals surface area contributed by atoms with Crippen LogP contribution >= 0.6 is 0 Å². The molecule has 11 nitrogen and oxygen atoms in total. The van der Waals surface area contributed by atoms with Gasteiger partial charge in [0.25, 0.3) is 0 Å². The summed E-state index contributed by atoms with van der Waals surface area (Å²) in [7, 11) is 0. The average Bonchev–Trinajstić information content (AvgIpc) is 2.72. The molecule has 3 rings (SSSR count). The average molecular weight is 424 g/mol. The second-order valence-corrected chi connectivity index (χ2v) is 6.55. The largest absolute Gasteiger partial charge is 0.508 e. The Morgan fingerprint density at radius 3 is 2.13 bits per heavy atom. The molecule has 0 amide bonds. The number of aliphatic hydroxyl groups is 3. The lowest BCUT2D eigenvalue weighted by Gasteiger charge is -2.41. The van der Waals surface area contributed by atoms with E-state index in [1.54, 1.807) is 0 Å². The molecule has 162 valence electrons. The SMILES string of the molecule is O=C(O[C@H]1[C@H](Oc2ccc(O)cc2)O[C@H](CO)[C@@H](O)[C@@H]1O)c1cc(O)c(O)c(O)c1. The van der Waals surface area contributed by atoms with Crippen LogP contribution in [0.1, 0.15) is 10.4 Å². The van der Waals surface area contributed by atoms with Gasteiger partial charge in [0.2, 0.25) is 6.29 Å². The third-order valence-electron chi connectivity index (χ3n) is 4.46. The lowest BCUT2D eigenvalue weighted by molar-refractivity contribution is -0.276. The summed E-state index contributed by atoms with van der Waals surface area (Å²) in [6.07, 6.45) is -7.62. The van der Waals surface area contributed by atoms with Gasteiger partial charge in [-0.05, 0) is 36.4 Å². The monoisotopic (exact) mass is 424 g/mol. The molecule has 1 heterocycles. The fourth-order valence-corrected chi connectivity index (χ4v) is 2.85. The Balaban J connectivity index is 1.85. The number of hydrogen-bond donors (Lipinski definition) is 7. The van der Waals surface area contributed by atoms with Gasteiger partial charge in [-0.15, -0.1) is 0 Å². The fraction of sp³-hybridized carbons (Fsp3) is 0.316. The highest BCUT2D eigenvalue weighted by Crippen LogP contribution is 2.36. The number of phenols is 4. The number of esters is 1. The topological polar surface area (TPSA) is 186 Å². The fourth-order valence-electron chi connectivity index (χ4n) is 2.85. The normalized spacial score (nSPS) is 26.2. The van der Waals surface area contributed by atoms with Crippen LogP contribution in [-0.4, -0.2) is 79.0 Å². The Labute approximate surface area is 169 Å². The smallest absolute Gasteiger partial charge is 0.339 e. The molecule has 1 saturated heterocycles. The van der Waals surface area contributed by atoms with E-state index in [0.29, 0.717) is 0 Å². The van der Waals surface area contributed by atoms with Crippen molar-refractivity contribution in [3.05, 3.63) is 42.0 Å². The Morgan fingerprint density at radius 1 is 0.967 bits per heavy atom. The van der Waals surface area contributed by atoms with Crippen molar-refractivity contribution in [3.63, 3.8) is 0 Å². The van der Waals surface area contributed by atoms with Crippen LogP contribution in [0.25, 0.3) is 0 Å². The summed E-state index contributed by atoms with van der Waals surface area (Å²) < 4.78 is 16.1. The molecule has 0 saturated carbocycles. The molecule has 2 aromatic rings. The summed E-state index contributed by atoms with van der Waals surface area (Å²) in [5.74, 6) is -3.39. The number of aliphatic hydroxyl groups excluding tert-OH is 3. The van der Waals surface area contributed by atoms with Crippen LogP contribution in [-0.2, 0) is 9.47 Å². The van der Waals surface area contributed by atoms with E-state index in [9.17, 15) is 40.5 Å². The summed E-state index contributed by atoms with van der Waals surface area (Å²) in [6, 6.07) is 7.04. The van der Waals surface area contributed by atoms with Crippen LogP contribution in [0.5, 0.6) is 28.7 Å². The van der Waals surface area contributed by atoms with Gasteiger partial charge in [-0.1, -0.05) is 0 Å². The number of hydrogen-bond acceptors (Lipinski definition) is 11. The van der Waals surface area contributed by atoms with Gasteiger partial charge in [-0.25, -0.2) is 4.79 Å². The first kappa shape index (κ1) is 21.5. The van der Waals surface area contributed by atoms with Gasteiger partial charge in [0.05, 0.1) is 12.2 Å². The summed E-state index contributed by atoms with van der Waals surface area (Å²) in [5, 5.41) is 67.7. The van der Waals surface area contributed by atoms with Gasteiger partial charge in [0, 0.05) is 0 Å². The van der Waals surface area contributed by atoms with Crippen molar-refractivity contribution >= 4 is 5.97 Å². The Kier molecular flexibility index (Phi) is 6.17. The Hall–Kier alpha value is -3.25. The number of carbonyl (C=O) groups is 1. The quantitative estimate of drug-likeness (QED) is 0.243. The molecule has 0 unspecified atom stereocenters. The molecule has 2 aromatic carbocycles. The maximum atomic E-state index is 12.5. The highest BCUT2D eigenvalue weighted by Gasteiger charge is 2.48. The van der Waals surface area contributed by atoms with E-state index in [1.807, 2.05) is 0 Å².